The van der Waals surface area contributed by atoms with Gasteiger partial charge in [-0.25, -0.2) is 4.79 Å². The van der Waals surface area contributed by atoms with Gasteiger partial charge in [0.15, 0.2) is 5.76 Å². The first-order valence-electron chi connectivity index (χ1n) is 3.72. The van der Waals surface area contributed by atoms with Crippen LogP contribution < -0.4 is 5.73 Å². The molecule has 0 radical (unpaired) electrons. The van der Waals surface area contributed by atoms with E-state index in [1.54, 1.807) is 6.92 Å². The summed E-state index contributed by atoms with van der Waals surface area (Å²) in [7, 11) is 0. The topological polar surface area (TPSA) is 82.5 Å². The smallest absolute Gasteiger partial charge is 0.374 e. The van der Waals surface area contributed by atoms with Gasteiger partial charge in [-0.15, -0.1) is 0 Å². The SMILES string of the molecule is CCOC(=O)c1ccc(C(N)=O)o1. The van der Waals surface area contributed by atoms with Crippen LogP contribution in [0.3, 0.4) is 0 Å². The number of amides is 1. The van der Waals surface area contributed by atoms with Crippen LogP contribution in [0.4, 0.5) is 0 Å². The Labute approximate surface area is 74.5 Å². The molecule has 2 N–H and O–H groups in total. The molecule has 1 aromatic heterocycles. The maximum atomic E-state index is 11.0. The maximum Gasteiger partial charge on any atom is 0.374 e. The molecule has 1 amide bonds. The van der Waals surface area contributed by atoms with Crippen molar-refractivity contribution in [3.63, 3.8) is 0 Å². The predicted octanol–water partition coefficient (Wildman–Crippen LogP) is 0.555. The summed E-state index contributed by atoms with van der Waals surface area (Å²) < 4.78 is 9.45. The fourth-order valence-corrected chi connectivity index (χ4v) is 0.782. The Kier molecular flexibility index (Phi) is 2.69. The molecule has 13 heavy (non-hydrogen) atoms. The van der Waals surface area contributed by atoms with Crippen LogP contribution >= 0.6 is 0 Å². The van der Waals surface area contributed by atoms with Gasteiger partial charge in [-0.3, -0.25) is 4.79 Å². The fraction of sp³-hybridized carbons (Fsp3) is 0.250. The van der Waals surface area contributed by atoms with Crippen molar-refractivity contribution in [2.75, 3.05) is 6.61 Å². The molecule has 0 aromatic carbocycles. The lowest BCUT2D eigenvalue weighted by Crippen LogP contribution is -2.09. The maximum absolute atomic E-state index is 11.0. The summed E-state index contributed by atoms with van der Waals surface area (Å²) in [5, 5.41) is 0. The number of hydrogen-bond acceptors (Lipinski definition) is 4. The molecule has 5 heteroatoms. The van der Waals surface area contributed by atoms with Gasteiger partial charge < -0.3 is 14.9 Å². The fourth-order valence-electron chi connectivity index (χ4n) is 0.782. The number of primary amides is 1. The highest BCUT2D eigenvalue weighted by atomic mass is 16.5. The lowest BCUT2D eigenvalue weighted by atomic mass is 10.4. The van der Waals surface area contributed by atoms with Gasteiger partial charge in [0, 0.05) is 0 Å². The van der Waals surface area contributed by atoms with E-state index in [9.17, 15) is 9.59 Å². The number of esters is 1. The largest absolute Gasteiger partial charge is 0.460 e. The Balaban J connectivity index is 2.79. The monoisotopic (exact) mass is 183 g/mol. The number of carbonyl (C=O) groups is 2. The summed E-state index contributed by atoms with van der Waals surface area (Å²) in [4.78, 5) is 21.6. The second-order valence-corrected chi connectivity index (χ2v) is 2.25. The van der Waals surface area contributed by atoms with E-state index < -0.39 is 11.9 Å². The van der Waals surface area contributed by atoms with Crippen LogP contribution in [-0.4, -0.2) is 18.5 Å². The van der Waals surface area contributed by atoms with Crippen molar-refractivity contribution in [1.82, 2.24) is 0 Å². The second kappa shape index (κ2) is 3.75. The van der Waals surface area contributed by atoms with Crippen LogP contribution in [0, 0.1) is 0 Å². The number of rotatable bonds is 3. The van der Waals surface area contributed by atoms with Gasteiger partial charge in [0.1, 0.15) is 0 Å². The van der Waals surface area contributed by atoms with E-state index in [1.807, 2.05) is 0 Å². The third-order valence-corrected chi connectivity index (χ3v) is 1.33. The van der Waals surface area contributed by atoms with Crippen LogP contribution in [0.15, 0.2) is 16.5 Å². The lowest BCUT2D eigenvalue weighted by molar-refractivity contribution is 0.0488. The molecule has 0 bridgehead atoms. The van der Waals surface area contributed by atoms with E-state index in [4.69, 9.17) is 10.2 Å². The van der Waals surface area contributed by atoms with E-state index in [1.165, 1.54) is 12.1 Å². The minimum Gasteiger partial charge on any atom is -0.460 e. The van der Waals surface area contributed by atoms with Crippen LogP contribution in [0.25, 0.3) is 0 Å². The molecule has 0 aliphatic carbocycles. The number of carbonyl (C=O) groups excluding carboxylic acids is 2. The molecule has 5 nitrogen and oxygen atoms in total. The van der Waals surface area contributed by atoms with Crippen molar-refractivity contribution >= 4 is 11.9 Å². The number of ether oxygens (including phenoxy) is 1. The summed E-state index contributed by atoms with van der Waals surface area (Å²) in [6.45, 7) is 1.93. The normalized spacial score (nSPS) is 9.62. The Morgan fingerprint density at radius 1 is 1.46 bits per heavy atom. The highest BCUT2D eigenvalue weighted by Crippen LogP contribution is 2.08. The first-order valence-corrected chi connectivity index (χ1v) is 3.72. The minimum absolute atomic E-state index is 0.0179. The molecule has 0 unspecified atom stereocenters. The standard InChI is InChI=1S/C8H9NO4/c1-2-12-8(11)6-4-3-5(13-6)7(9)10/h3-4H,2H2,1H3,(H2,9,10). The molecule has 0 saturated heterocycles. The first kappa shape index (κ1) is 9.31. The Morgan fingerprint density at radius 3 is 2.54 bits per heavy atom. The Bertz CT molecular complexity index is 329. The highest BCUT2D eigenvalue weighted by molar-refractivity contribution is 5.92. The zero-order chi connectivity index (χ0) is 9.84. The molecule has 0 aliphatic heterocycles. The van der Waals surface area contributed by atoms with Gasteiger partial charge in [-0.05, 0) is 19.1 Å². The summed E-state index contributed by atoms with van der Waals surface area (Å²) in [6, 6.07) is 2.67. The predicted molar refractivity (Wildman–Crippen MR) is 43.2 cm³/mol. The van der Waals surface area contributed by atoms with Gasteiger partial charge in [-0.2, -0.15) is 0 Å². The van der Waals surface area contributed by atoms with E-state index in [0.29, 0.717) is 0 Å². The average molecular weight is 183 g/mol. The molecule has 1 aromatic rings. The van der Waals surface area contributed by atoms with Crippen molar-refractivity contribution in [3.05, 3.63) is 23.7 Å². The van der Waals surface area contributed by atoms with Crippen molar-refractivity contribution < 1.29 is 18.7 Å². The molecular weight excluding hydrogens is 174 g/mol. The van der Waals surface area contributed by atoms with Gasteiger partial charge in [-0.1, -0.05) is 0 Å². The van der Waals surface area contributed by atoms with E-state index in [2.05, 4.69) is 4.74 Å². The minimum atomic E-state index is -0.712. The molecule has 70 valence electrons. The Hall–Kier alpha value is -1.78. The molecule has 0 fully saturated rings. The quantitative estimate of drug-likeness (QED) is 0.694. The summed E-state index contributed by atoms with van der Waals surface area (Å²) in [5.41, 5.74) is 4.92. The van der Waals surface area contributed by atoms with Crippen molar-refractivity contribution in [2.45, 2.75) is 6.92 Å². The second-order valence-electron chi connectivity index (χ2n) is 2.25. The third-order valence-electron chi connectivity index (χ3n) is 1.33. The van der Waals surface area contributed by atoms with Crippen LogP contribution in [0.1, 0.15) is 28.0 Å². The van der Waals surface area contributed by atoms with E-state index in [0.717, 1.165) is 0 Å². The van der Waals surface area contributed by atoms with E-state index >= 15 is 0 Å². The van der Waals surface area contributed by atoms with Crippen molar-refractivity contribution in [3.8, 4) is 0 Å². The zero-order valence-corrected chi connectivity index (χ0v) is 7.07. The van der Waals surface area contributed by atoms with Crippen LogP contribution in [-0.2, 0) is 4.74 Å². The van der Waals surface area contributed by atoms with Crippen molar-refractivity contribution in [1.29, 1.82) is 0 Å². The van der Waals surface area contributed by atoms with Crippen LogP contribution in [0.2, 0.25) is 0 Å². The molecule has 0 atom stereocenters. The molecule has 0 spiro atoms. The lowest BCUT2D eigenvalue weighted by Gasteiger charge is -1.96. The first-order chi connectivity index (χ1) is 6.15. The van der Waals surface area contributed by atoms with E-state index in [-0.39, 0.29) is 18.1 Å². The summed E-state index contributed by atoms with van der Waals surface area (Å²) >= 11 is 0. The molecular formula is C8H9NO4. The molecule has 0 saturated carbocycles. The summed E-state index contributed by atoms with van der Waals surface area (Å²) in [6.07, 6.45) is 0. The highest BCUT2D eigenvalue weighted by Gasteiger charge is 2.13. The number of furan rings is 1. The molecule has 0 aliphatic rings. The molecule has 1 rings (SSSR count). The van der Waals surface area contributed by atoms with Gasteiger partial charge >= 0.3 is 5.97 Å². The number of nitrogens with two attached hydrogens (primary N) is 1. The number of hydrogen-bond donors (Lipinski definition) is 1. The van der Waals surface area contributed by atoms with Crippen LogP contribution in [0.5, 0.6) is 0 Å². The third kappa shape index (κ3) is 2.08. The van der Waals surface area contributed by atoms with Crippen molar-refractivity contribution in [2.24, 2.45) is 5.73 Å². The molecule has 1 heterocycles. The van der Waals surface area contributed by atoms with Gasteiger partial charge in [0.25, 0.3) is 5.91 Å². The summed E-state index contributed by atoms with van der Waals surface area (Å²) in [5.74, 6) is -1.38. The average Bonchev–Trinajstić information content (AvgIpc) is 2.52. The van der Waals surface area contributed by atoms with Gasteiger partial charge in [0.2, 0.25) is 5.76 Å². The zero-order valence-electron chi connectivity index (χ0n) is 7.07. The van der Waals surface area contributed by atoms with Gasteiger partial charge in [0.05, 0.1) is 6.61 Å². The Morgan fingerprint density at radius 2 is 2.08 bits per heavy atom.